The van der Waals surface area contributed by atoms with Gasteiger partial charge in [0.2, 0.25) is 5.09 Å². The minimum atomic E-state index is -3.69. The van der Waals surface area contributed by atoms with Crippen LogP contribution in [0.2, 0.25) is 5.02 Å². The average Bonchev–Trinajstić information content (AvgIpc) is 2.97. The van der Waals surface area contributed by atoms with Gasteiger partial charge in [0.25, 0.3) is 15.9 Å². The molecule has 6 nitrogen and oxygen atoms in total. The summed E-state index contributed by atoms with van der Waals surface area (Å²) in [6.07, 6.45) is 0. The summed E-state index contributed by atoms with van der Waals surface area (Å²) in [7, 11) is -2.43. The number of hydrogen-bond donors (Lipinski definition) is 2. The average molecular weight is 329 g/mol. The molecule has 0 saturated heterocycles. The fourth-order valence-corrected chi connectivity index (χ4v) is 2.33. The highest BCUT2D eigenvalue weighted by molar-refractivity contribution is 7.89. The maximum Gasteiger partial charge on any atom is 0.287 e. The van der Waals surface area contributed by atoms with Crippen molar-refractivity contribution in [2.75, 3.05) is 7.05 Å². The fraction of sp³-hybridized carbons (Fsp3) is 0.154. The van der Waals surface area contributed by atoms with Gasteiger partial charge in [0, 0.05) is 11.6 Å². The number of benzene rings is 1. The molecule has 0 atom stereocenters. The number of carbonyl (C=O) groups is 1. The van der Waals surface area contributed by atoms with Crippen LogP contribution in [-0.2, 0) is 16.6 Å². The fourth-order valence-electron chi connectivity index (χ4n) is 1.56. The van der Waals surface area contributed by atoms with Crippen molar-refractivity contribution in [3.63, 3.8) is 0 Å². The van der Waals surface area contributed by atoms with Crippen LogP contribution in [0.25, 0.3) is 0 Å². The maximum atomic E-state index is 11.9. The molecule has 8 heteroatoms. The largest absolute Gasteiger partial charge is 0.438 e. The lowest BCUT2D eigenvalue weighted by atomic mass is 10.2. The molecule has 0 fully saturated rings. The molecule has 2 rings (SSSR count). The summed E-state index contributed by atoms with van der Waals surface area (Å²) in [4.78, 5) is 11.9. The molecule has 1 heterocycles. The van der Waals surface area contributed by atoms with E-state index in [4.69, 9.17) is 16.0 Å². The zero-order chi connectivity index (χ0) is 15.5. The van der Waals surface area contributed by atoms with E-state index < -0.39 is 15.9 Å². The van der Waals surface area contributed by atoms with Crippen molar-refractivity contribution in [3.05, 3.63) is 52.7 Å². The first-order valence-electron chi connectivity index (χ1n) is 5.98. The Hall–Kier alpha value is -1.83. The highest BCUT2D eigenvalue weighted by atomic mass is 35.5. The van der Waals surface area contributed by atoms with E-state index in [2.05, 4.69) is 10.0 Å². The molecular weight excluding hydrogens is 316 g/mol. The number of halogens is 1. The molecule has 2 N–H and O–H groups in total. The van der Waals surface area contributed by atoms with Crippen molar-refractivity contribution in [1.82, 2.24) is 10.0 Å². The van der Waals surface area contributed by atoms with Crippen LogP contribution in [-0.4, -0.2) is 21.4 Å². The van der Waals surface area contributed by atoms with Crippen LogP contribution in [0.1, 0.15) is 16.1 Å². The lowest BCUT2D eigenvalue weighted by Crippen LogP contribution is -2.22. The Balaban J connectivity index is 2.02. The van der Waals surface area contributed by atoms with Crippen molar-refractivity contribution in [2.24, 2.45) is 0 Å². The number of hydrogen-bond acceptors (Lipinski definition) is 4. The number of carbonyl (C=O) groups excluding carboxylic acids is 1. The summed E-state index contributed by atoms with van der Waals surface area (Å²) in [5.41, 5.74) is 0.863. The van der Waals surface area contributed by atoms with Crippen LogP contribution in [0.15, 0.2) is 45.9 Å². The topological polar surface area (TPSA) is 88.4 Å². The molecule has 1 aromatic carbocycles. The summed E-state index contributed by atoms with van der Waals surface area (Å²) in [6.45, 7) is 0.283. The monoisotopic (exact) mass is 328 g/mol. The van der Waals surface area contributed by atoms with E-state index in [1.807, 2.05) is 0 Å². The minimum absolute atomic E-state index is 0.0715. The van der Waals surface area contributed by atoms with Crippen molar-refractivity contribution < 1.29 is 17.6 Å². The van der Waals surface area contributed by atoms with E-state index in [0.717, 1.165) is 5.56 Å². The van der Waals surface area contributed by atoms with Gasteiger partial charge in [-0.1, -0.05) is 23.7 Å². The molecular formula is C13H13ClN2O4S. The first-order chi connectivity index (χ1) is 9.92. The summed E-state index contributed by atoms with van der Waals surface area (Å²) < 4.78 is 30.1. The quantitative estimate of drug-likeness (QED) is 0.875. The summed E-state index contributed by atoms with van der Waals surface area (Å²) in [5, 5.41) is 2.93. The van der Waals surface area contributed by atoms with Crippen molar-refractivity contribution in [2.45, 2.75) is 11.6 Å². The Morgan fingerprint density at radius 2 is 1.86 bits per heavy atom. The molecule has 0 spiro atoms. The predicted octanol–water partition coefficient (Wildman–Crippen LogP) is 1.77. The van der Waals surface area contributed by atoms with E-state index >= 15 is 0 Å². The van der Waals surface area contributed by atoms with Gasteiger partial charge in [-0.15, -0.1) is 0 Å². The summed E-state index contributed by atoms with van der Waals surface area (Å²) >= 11 is 5.76. The van der Waals surface area contributed by atoms with Gasteiger partial charge in [0.1, 0.15) is 0 Å². The first kappa shape index (κ1) is 15.6. The SMILES string of the molecule is CNS(=O)(=O)c1ccc(C(=O)NCc2ccc(Cl)cc2)o1. The number of rotatable bonds is 5. The normalized spacial score (nSPS) is 11.3. The Bertz CT molecular complexity index is 738. The third-order valence-corrected chi connectivity index (χ3v) is 4.24. The summed E-state index contributed by atoms with van der Waals surface area (Å²) in [5.74, 6) is -0.569. The smallest absolute Gasteiger partial charge is 0.287 e. The van der Waals surface area contributed by atoms with Gasteiger partial charge < -0.3 is 9.73 Å². The second kappa shape index (κ2) is 6.30. The van der Waals surface area contributed by atoms with Crippen LogP contribution < -0.4 is 10.0 Å². The van der Waals surface area contributed by atoms with Gasteiger partial charge in [0.15, 0.2) is 5.76 Å². The molecule has 0 aliphatic rings. The lowest BCUT2D eigenvalue weighted by molar-refractivity contribution is 0.0918. The van der Waals surface area contributed by atoms with Gasteiger partial charge >= 0.3 is 0 Å². The van der Waals surface area contributed by atoms with E-state index in [1.54, 1.807) is 24.3 Å². The van der Waals surface area contributed by atoms with E-state index in [0.29, 0.717) is 5.02 Å². The van der Waals surface area contributed by atoms with Gasteiger partial charge in [-0.25, -0.2) is 13.1 Å². The Kier molecular flexibility index (Phi) is 4.66. The minimum Gasteiger partial charge on any atom is -0.438 e. The molecule has 0 saturated carbocycles. The Morgan fingerprint density at radius 1 is 1.19 bits per heavy atom. The van der Waals surface area contributed by atoms with Crippen LogP contribution >= 0.6 is 11.6 Å². The van der Waals surface area contributed by atoms with Crippen LogP contribution in [0.4, 0.5) is 0 Å². The molecule has 1 aromatic heterocycles. The second-order valence-corrected chi connectivity index (χ2v) is 6.39. The zero-order valence-corrected chi connectivity index (χ0v) is 12.7. The number of furan rings is 1. The van der Waals surface area contributed by atoms with Crippen LogP contribution in [0, 0.1) is 0 Å². The van der Waals surface area contributed by atoms with Gasteiger partial charge in [-0.3, -0.25) is 4.79 Å². The molecule has 0 radical (unpaired) electrons. The highest BCUT2D eigenvalue weighted by Crippen LogP contribution is 2.14. The Morgan fingerprint density at radius 3 is 2.48 bits per heavy atom. The molecule has 0 aliphatic heterocycles. The van der Waals surface area contributed by atoms with E-state index in [9.17, 15) is 13.2 Å². The number of amides is 1. The third kappa shape index (κ3) is 3.84. The highest BCUT2D eigenvalue weighted by Gasteiger charge is 2.19. The Labute approximate surface area is 127 Å². The molecule has 0 unspecified atom stereocenters. The maximum absolute atomic E-state index is 11.9. The standard InChI is InChI=1S/C13H13ClN2O4S/c1-15-21(18,19)12-7-6-11(20-12)13(17)16-8-9-2-4-10(14)5-3-9/h2-7,15H,8H2,1H3,(H,16,17). The second-order valence-electron chi connectivity index (χ2n) is 4.14. The third-order valence-electron chi connectivity index (χ3n) is 2.71. The first-order valence-corrected chi connectivity index (χ1v) is 7.84. The predicted molar refractivity (Wildman–Crippen MR) is 77.6 cm³/mol. The van der Waals surface area contributed by atoms with E-state index in [1.165, 1.54) is 19.2 Å². The zero-order valence-electron chi connectivity index (χ0n) is 11.1. The number of sulfonamides is 1. The van der Waals surface area contributed by atoms with Gasteiger partial charge in [0.05, 0.1) is 0 Å². The van der Waals surface area contributed by atoms with Crippen LogP contribution in [0.3, 0.4) is 0 Å². The molecule has 21 heavy (non-hydrogen) atoms. The number of nitrogens with one attached hydrogen (secondary N) is 2. The van der Waals surface area contributed by atoms with E-state index in [-0.39, 0.29) is 17.4 Å². The van der Waals surface area contributed by atoms with Crippen molar-refractivity contribution >= 4 is 27.5 Å². The lowest BCUT2D eigenvalue weighted by Gasteiger charge is -2.03. The molecule has 1 amide bonds. The van der Waals surface area contributed by atoms with Crippen molar-refractivity contribution in [3.8, 4) is 0 Å². The molecule has 112 valence electrons. The van der Waals surface area contributed by atoms with Gasteiger partial charge in [-0.2, -0.15) is 0 Å². The molecule has 0 bridgehead atoms. The van der Waals surface area contributed by atoms with Crippen LogP contribution in [0.5, 0.6) is 0 Å². The van der Waals surface area contributed by atoms with Crippen molar-refractivity contribution in [1.29, 1.82) is 0 Å². The van der Waals surface area contributed by atoms with Gasteiger partial charge in [-0.05, 0) is 36.9 Å². The summed E-state index contributed by atoms with van der Waals surface area (Å²) in [6, 6.07) is 9.52. The molecule has 0 aliphatic carbocycles. The molecule has 2 aromatic rings.